The average Bonchev–Trinajstić information content (AvgIpc) is 2.44. The summed E-state index contributed by atoms with van der Waals surface area (Å²) in [6.45, 7) is 3.57. The first-order valence-electron chi connectivity index (χ1n) is 6.60. The minimum absolute atomic E-state index is 0.144. The van der Waals surface area contributed by atoms with Crippen LogP contribution in [0.15, 0.2) is 24.3 Å². The van der Waals surface area contributed by atoms with Gasteiger partial charge in [-0.1, -0.05) is 0 Å². The average molecular weight is 295 g/mol. The Morgan fingerprint density at radius 1 is 1.24 bits per heavy atom. The van der Waals surface area contributed by atoms with E-state index in [1.54, 1.807) is 26.0 Å². The maximum atomic E-state index is 12.3. The highest BCUT2D eigenvalue weighted by Crippen LogP contribution is 2.20. The fourth-order valence-electron chi connectivity index (χ4n) is 1.81. The largest absolute Gasteiger partial charge is 0.478 e. The highest BCUT2D eigenvalue weighted by atomic mass is 16.5. The van der Waals surface area contributed by atoms with E-state index in [-0.39, 0.29) is 31.0 Å². The zero-order valence-corrected chi connectivity index (χ0v) is 12.5. The van der Waals surface area contributed by atoms with Crippen molar-refractivity contribution in [1.82, 2.24) is 0 Å². The van der Waals surface area contributed by atoms with E-state index in [9.17, 15) is 9.59 Å². The number of benzene rings is 1. The number of aromatic carboxylic acids is 1. The van der Waals surface area contributed by atoms with Crippen molar-refractivity contribution < 1.29 is 24.5 Å². The Hall–Kier alpha value is -1.92. The molecular weight excluding hydrogens is 274 g/mol. The van der Waals surface area contributed by atoms with E-state index in [0.29, 0.717) is 5.69 Å². The fourth-order valence-corrected chi connectivity index (χ4v) is 1.81. The molecule has 0 aliphatic rings. The maximum Gasteiger partial charge on any atom is 0.335 e. The molecule has 0 aliphatic carbocycles. The SMILES string of the molecule is COC(C)(C)CC(=O)N(CCO)c1ccc(C(=O)O)cc1. The summed E-state index contributed by atoms with van der Waals surface area (Å²) in [7, 11) is 1.53. The summed E-state index contributed by atoms with van der Waals surface area (Å²) in [5, 5.41) is 18.0. The van der Waals surface area contributed by atoms with Gasteiger partial charge in [0.2, 0.25) is 5.91 Å². The molecule has 0 saturated carbocycles. The Labute approximate surface area is 124 Å². The second-order valence-corrected chi connectivity index (χ2v) is 5.26. The van der Waals surface area contributed by atoms with Crippen molar-refractivity contribution in [2.24, 2.45) is 0 Å². The third-order valence-corrected chi connectivity index (χ3v) is 3.18. The normalized spacial score (nSPS) is 11.2. The van der Waals surface area contributed by atoms with E-state index in [4.69, 9.17) is 14.9 Å². The van der Waals surface area contributed by atoms with Crippen molar-refractivity contribution in [3.8, 4) is 0 Å². The van der Waals surface area contributed by atoms with Crippen LogP contribution in [0.2, 0.25) is 0 Å². The first-order valence-corrected chi connectivity index (χ1v) is 6.60. The summed E-state index contributed by atoms with van der Waals surface area (Å²) in [4.78, 5) is 24.6. The molecule has 1 rings (SSSR count). The van der Waals surface area contributed by atoms with Gasteiger partial charge in [-0.15, -0.1) is 0 Å². The number of rotatable bonds is 7. The van der Waals surface area contributed by atoms with Gasteiger partial charge in [-0.05, 0) is 38.1 Å². The minimum Gasteiger partial charge on any atom is -0.478 e. The molecule has 0 heterocycles. The number of anilines is 1. The van der Waals surface area contributed by atoms with Crippen LogP contribution in [0, 0.1) is 0 Å². The highest BCUT2D eigenvalue weighted by Gasteiger charge is 2.25. The number of hydrogen-bond donors (Lipinski definition) is 2. The number of carbonyl (C=O) groups is 2. The van der Waals surface area contributed by atoms with Crippen molar-refractivity contribution >= 4 is 17.6 Å². The van der Waals surface area contributed by atoms with Crippen LogP contribution in [0.5, 0.6) is 0 Å². The van der Waals surface area contributed by atoms with Gasteiger partial charge in [0.05, 0.1) is 24.2 Å². The molecule has 0 atom stereocenters. The van der Waals surface area contributed by atoms with Gasteiger partial charge in [0.1, 0.15) is 0 Å². The van der Waals surface area contributed by atoms with E-state index >= 15 is 0 Å². The standard InChI is InChI=1S/C15H21NO5/c1-15(2,21-3)10-13(18)16(8-9-17)12-6-4-11(5-7-12)14(19)20/h4-7,17H,8-10H2,1-3H3,(H,19,20). The van der Waals surface area contributed by atoms with Crippen LogP contribution in [0.25, 0.3) is 0 Å². The lowest BCUT2D eigenvalue weighted by molar-refractivity contribution is -0.123. The third kappa shape index (κ3) is 4.84. The minimum atomic E-state index is -1.03. The predicted molar refractivity (Wildman–Crippen MR) is 78.5 cm³/mol. The molecule has 2 N–H and O–H groups in total. The van der Waals surface area contributed by atoms with Gasteiger partial charge in [0, 0.05) is 19.3 Å². The summed E-state index contributed by atoms with van der Waals surface area (Å²) < 4.78 is 5.24. The topological polar surface area (TPSA) is 87.1 Å². The summed E-state index contributed by atoms with van der Waals surface area (Å²) in [6.07, 6.45) is 0.157. The molecule has 1 amide bonds. The number of methoxy groups -OCH3 is 1. The molecule has 0 saturated heterocycles. The first kappa shape index (κ1) is 17.1. The predicted octanol–water partition coefficient (Wildman–Crippen LogP) is 1.53. The number of carboxylic acids is 1. The molecule has 0 aliphatic heterocycles. The van der Waals surface area contributed by atoms with Crippen LogP contribution in [0.4, 0.5) is 5.69 Å². The van der Waals surface area contributed by atoms with Crippen molar-refractivity contribution in [2.75, 3.05) is 25.2 Å². The molecule has 6 heteroatoms. The van der Waals surface area contributed by atoms with E-state index in [0.717, 1.165) is 0 Å². The van der Waals surface area contributed by atoms with Crippen molar-refractivity contribution in [3.05, 3.63) is 29.8 Å². The first-order chi connectivity index (χ1) is 9.80. The number of nitrogens with zero attached hydrogens (tertiary/aromatic N) is 1. The van der Waals surface area contributed by atoms with Gasteiger partial charge in [-0.25, -0.2) is 4.79 Å². The number of amides is 1. The van der Waals surface area contributed by atoms with E-state index in [1.165, 1.54) is 24.1 Å². The fraction of sp³-hybridized carbons (Fsp3) is 0.467. The Bertz CT molecular complexity index is 495. The van der Waals surface area contributed by atoms with Gasteiger partial charge in [-0.3, -0.25) is 4.79 Å². The molecule has 1 aromatic carbocycles. The Kier molecular flexibility index (Phi) is 5.87. The third-order valence-electron chi connectivity index (χ3n) is 3.18. The molecule has 0 bridgehead atoms. The van der Waals surface area contributed by atoms with Gasteiger partial charge >= 0.3 is 5.97 Å². The zero-order chi connectivity index (χ0) is 16.0. The Morgan fingerprint density at radius 3 is 2.24 bits per heavy atom. The number of ether oxygens (including phenoxy) is 1. The molecule has 0 aromatic heterocycles. The highest BCUT2D eigenvalue weighted by molar-refractivity contribution is 5.95. The monoisotopic (exact) mass is 295 g/mol. The zero-order valence-electron chi connectivity index (χ0n) is 12.5. The maximum absolute atomic E-state index is 12.3. The quantitative estimate of drug-likeness (QED) is 0.796. The Morgan fingerprint density at radius 2 is 1.81 bits per heavy atom. The number of aliphatic hydroxyl groups excluding tert-OH is 1. The molecule has 0 unspecified atom stereocenters. The smallest absolute Gasteiger partial charge is 0.335 e. The molecule has 1 aromatic rings. The van der Waals surface area contributed by atoms with E-state index < -0.39 is 11.6 Å². The lowest BCUT2D eigenvalue weighted by Crippen LogP contribution is -2.39. The van der Waals surface area contributed by atoms with Crippen LogP contribution < -0.4 is 4.90 Å². The van der Waals surface area contributed by atoms with Crippen molar-refractivity contribution in [1.29, 1.82) is 0 Å². The number of hydrogen-bond acceptors (Lipinski definition) is 4. The number of carboxylic acid groups (broad SMARTS) is 1. The lowest BCUT2D eigenvalue weighted by Gasteiger charge is -2.28. The molecule has 0 spiro atoms. The van der Waals surface area contributed by atoms with Crippen molar-refractivity contribution in [3.63, 3.8) is 0 Å². The van der Waals surface area contributed by atoms with Crippen LogP contribution in [-0.2, 0) is 9.53 Å². The molecule has 21 heavy (non-hydrogen) atoms. The van der Waals surface area contributed by atoms with Crippen LogP contribution in [-0.4, -0.2) is 48.0 Å². The summed E-state index contributed by atoms with van der Waals surface area (Å²) in [5.41, 5.74) is 0.0875. The van der Waals surface area contributed by atoms with Crippen LogP contribution >= 0.6 is 0 Å². The van der Waals surface area contributed by atoms with Gasteiger partial charge in [0.15, 0.2) is 0 Å². The molecular formula is C15H21NO5. The van der Waals surface area contributed by atoms with Crippen LogP contribution in [0.1, 0.15) is 30.6 Å². The van der Waals surface area contributed by atoms with E-state index in [1.807, 2.05) is 0 Å². The number of aliphatic hydroxyl groups is 1. The van der Waals surface area contributed by atoms with E-state index in [2.05, 4.69) is 0 Å². The molecule has 0 fully saturated rings. The van der Waals surface area contributed by atoms with Crippen LogP contribution in [0.3, 0.4) is 0 Å². The molecule has 116 valence electrons. The Balaban J connectivity index is 2.95. The molecule has 0 radical (unpaired) electrons. The summed E-state index contributed by atoms with van der Waals surface area (Å²) >= 11 is 0. The number of carbonyl (C=O) groups excluding carboxylic acids is 1. The molecule has 6 nitrogen and oxygen atoms in total. The van der Waals surface area contributed by atoms with Gasteiger partial charge < -0.3 is 19.8 Å². The van der Waals surface area contributed by atoms with Gasteiger partial charge in [-0.2, -0.15) is 0 Å². The second-order valence-electron chi connectivity index (χ2n) is 5.26. The second kappa shape index (κ2) is 7.19. The summed E-state index contributed by atoms with van der Waals surface area (Å²) in [5.74, 6) is -1.22. The summed E-state index contributed by atoms with van der Waals surface area (Å²) in [6, 6.07) is 5.96. The van der Waals surface area contributed by atoms with Crippen molar-refractivity contribution in [2.45, 2.75) is 25.9 Å². The van der Waals surface area contributed by atoms with Gasteiger partial charge in [0.25, 0.3) is 0 Å². The lowest BCUT2D eigenvalue weighted by atomic mass is 10.0.